The van der Waals surface area contributed by atoms with Crippen molar-refractivity contribution in [3.05, 3.63) is 11.6 Å². The summed E-state index contributed by atoms with van der Waals surface area (Å²) in [5, 5.41) is 10.5. The number of aliphatic carboxylic acids is 1. The zero-order valence-electron chi connectivity index (χ0n) is 22.1. The second-order valence-electron chi connectivity index (χ2n) is 14.8. The summed E-state index contributed by atoms with van der Waals surface area (Å²) in [6.45, 7) is 16.6. The van der Waals surface area contributed by atoms with Gasteiger partial charge in [-0.25, -0.2) is 0 Å². The monoisotopic (exact) mass is 454 g/mol. The van der Waals surface area contributed by atoms with Crippen LogP contribution in [0.15, 0.2) is 11.6 Å². The van der Waals surface area contributed by atoms with Gasteiger partial charge in [0.25, 0.3) is 0 Å². The Hall–Kier alpha value is -1.12. The van der Waals surface area contributed by atoms with E-state index in [1.54, 1.807) is 0 Å². The molecule has 7 atom stereocenters. The number of ketones is 1. The van der Waals surface area contributed by atoms with E-state index in [0.29, 0.717) is 17.6 Å². The fourth-order valence-electron chi connectivity index (χ4n) is 10.4. The Kier molecular flexibility index (Phi) is 4.83. The Morgan fingerprint density at radius 3 is 2.24 bits per heavy atom. The number of carboxylic acid groups (broad SMARTS) is 1. The summed E-state index contributed by atoms with van der Waals surface area (Å²) in [4.78, 5) is 25.6. The second-order valence-corrected chi connectivity index (χ2v) is 14.8. The number of carbonyl (C=O) groups is 2. The highest BCUT2D eigenvalue weighted by Crippen LogP contribution is 2.75. The molecule has 5 aliphatic rings. The van der Waals surface area contributed by atoms with Gasteiger partial charge in [0, 0.05) is 11.8 Å². The third-order valence-corrected chi connectivity index (χ3v) is 12.8. The topological polar surface area (TPSA) is 54.4 Å². The van der Waals surface area contributed by atoms with Crippen LogP contribution >= 0.6 is 0 Å². The molecule has 0 saturated heterocycles. The summed E-state index contributed by atoms with van der Waals surface area (Å²) in [5.74, 6) is 1.10. The van der Waals surface area contributed by atoms with E-state index in [2.05, 4.69) is 54.5 Å². The molecular formula is C30H46O3. The quantitative estimate of drug-likeness (QED) is 0.419. The normalized spacial score (nSPS) is 50.2. The number of fused-ring (bicyclic) bond motifs is 7. The highest BCUT2D eigenvalue weighted by molar-refractivity contribution is 5.85. The Bertz CT molecular complexity index is 927. The maximum absolute atomic E-state index is 12.9. The third-order valence-electron chi connectivity index (χ3n) is 12.8. The number of hydrogen-bond donors (Lipinski definition) is 1. The largest absolute Gasteiger partial charge is 0.481 e. The molecule has 0 heterocycles. The minimum absolute atomic E-state index is 0.0620. The van der Waals surface area contributed by atoms with E-state index in [1.807, 2.05) is 0 Å². The van der Waals surface area contributed by atoms with Crippen molar-refractivity contribution in [1.29, 1.82) is 0 Å². The third kappa shape index (κ3) is 2.80. The van der Waals surface area contributed by atoms with Crippen LogP contribution in [0.2, 0.25) is 0 Å². The highest BCUT2D eigenvalue weighted by Gasteiger charge is 2.69. The van der Waals surface area contributed by atoms with Gasteiger partial charge in [0.1, 0.15) is 5.78 Å². The van der Waals surface area contributed by atoms with Gasteiger partial charge in [-0.15, -0.1) is 0 Å². The van der Waals surface area contributed by atoms with E-state index in [0.717, 1.165) is 57.8 Å². The smallest absolute Gasteiger partial charge is 0.310 e. The van der Waals surface area contributed by atoms with Crippen LogP contribution in [-0.4, -0.2) is 16.9 Å². The lowest BCUT2D eigenvalue weighted by molar-refractivity contribution is -0.189. The average molecular weight is 455 g/mol. The van der Waals surface area contributed by atoms with Crippen molar-refractivity contribution in [3.63, 3.8) is 0 Å². The highest BCUT2D eigenvalue weighted by atomic mass is 16.4. The van der Waals surface area contributed by atoms with Gasteiger partial charge in [0.15, 0.2) is 0 Å². The molecule has 33 heavy (non-hydrogen) atoms. The van der Waals surface area contributed by atoms with Crippen molar-refractivity contribution < 1.29 is 14.7 Å². The Morgan fingerprint density at radius 1 is 0.909 bits per heavy atom. The summed E-state index contributed by atoms with van der Waals surface area (Å²) in [5.41, 5.74) is 1.33. The molecule has 0 aromatic heterocycles. The molecule has 4 fully saturated rings. The average Bonchev–Trinajstić information content (AvgIpc) is 2.71. The first-order chi connectivity index (χ1) is 15.1. The summed E-state index contributed by atoms with van der Waals surface area (Å²) < 4.78 is 0. The maximum atomic E-state index is 12.9. The van der Waals surface area contributed by atoms with Crippen molar-refractivity contribution in [2.45, 2.75) is 113 Å². The summed E-state index contributed by atoms with van der Waals surface area (Å²) in [6.07, 6.45) is 12.3. The Balaban J connectivity index is 1.60. The van der Waals surface area contributed by atoms with Crippen LogP contribution in [0.1, 0.15) is 113 Å². The van der Waals surface area contributed by atoms with E-state index in [9.17, 15) is 14.7 Å². The van der Waals surface area contributed by atoms with Gasteiger partial charge < -0.3 is 5.11 Å². The van der Waals surface area contributed by atoms with Crippen LogP contribution in [0.25, 0.3) is 0 Å². The van der Waals surface area contributed by atoms with Crippen LogP contribution in [0, 0.1) is 50.2 Å². The van der Waals surface area contributed by atoms with Crippen molar-refractivity contribution in [2.75, 3.05) is 0 Å². The van der Waals surface area contributed by atoms with E-state index in [-0.39, 0.29) is 33.0 Å². The standard InChI is InChI=1S/C30H46O3/c1-25(2)14-16-30(24(32)33)17-15-28(6)19(20(30)18-25)8-9-22-27(5)12-11-23(31)26(3,4)21(27)10-13-29(22,28)7/h8,20-22H,9-18H2,1-7H3,(H,32,33)/t20-,21?,22-,27+,28-,29-,30+/m1/s1. The molecule has 4 saturated carbocycles. The van der Waals surface area contributed by atoms with E-state index < -0.39 is 11.4 Å². The molecule has 5 aliphatic carbocycles. The van der Waals surface area contributed by atoms with Gasteiger partial charge >= 0.3 is 5.97 Å². The molecule has 3 heteroatoms. The molecule has 184 valence electrons. The lowest BCUT2D eigenvalue weighted by Gasteiger charge is -2.70. The number of carbonyl (C=O) groups excluding carboxylic acids is 1. The summed E-state index contributed by atoms with van der Waals surface area (Å²) >= 11 is 0. The molecule has 0 aromatic rings. The van der Waals surface area contributed by atoms with E-state index in [1.165, 1.54) is 12.0 Å². The minimum Gasteiger partial charge on any atom is -0.481 e. The van der Waals surface area contributed by atoms with Crippen LogP contribution < -0.4 is 0 Å². The molecule has 0 aromatic carbocycles. The van der Waals surface area contributed by atoms with Gasteiger partial charge in [0.05, 0.1) is 5.41 Å². The number of hydrogen-bond acceptors (Lipinski definition) is 2. The lowest BCUT2D eigenvalue weighted by atomic mass is 9.33. The van der Waals surface area contributed by atoms with Gasteiger partial charge in [-0.3, -0.25) is 9.59 Å². The molecule has 3 nitrogen and oxygen atoms in total. The van der Waals surface area contributed by atoms with Crippen molar-refractivity contribution in [3.8, 4) is 0 Å². The predicted octanol–water partition coefficient (Wildman–Crippen LogP) is 7.44. The number of Topliss-reactive ketones (excluding diaryl/α,β-unsaturated/α-hetero) is 1. The summed E-state index contributed by atoms with van der Waals surface area (Å²) in [6, 6.07) is 0. The Morgan fingerprint density at radius 2 is 1.58 bits per heavy atom. The molecule has 0 aliphatic heterocycles. The van der Waals surface area contributed by atoms with Crippen molar-refractivity contribution >= 4 is 11.8 Å². The van der Waals surface area contributed by atoms with Gasteiger partial charge in [-0.05, 0) is 97.2 Å². The zero-order valence-corrected chi connectivity index (χ0v) is 22.1. The number of allylic oxidation sites excluding steroid dienone is 2. The van der Waals surface area contributed by atoms with E-state index in [4.69, 9.17) is 0 Å². The first-order valence-corrected chi connectivity index (χ1v) is 13.6. The molecule has 0 bridgehead atoms. The fourth-order valence-corrected chi connectivity index (χ4v) is 10.4. The van der Waals surface area contributed by atoms with Crippen LogP contribution in [0.3, 0.4) is 0 Å². The van der Waals surface area contributed by atoms with Crippen molar-refractivity contribution in [1.82, 2.24) is 0 Å². The predicted molar refractivity (Wildman–Crippen MR) is 132 cm³/mol. The molecule has 0 amide bonds. The lowest BCUT2D eigenvalue weighted by Crippen LogP contribution is -2.64. The first-order valence-electron chi connectivity index (χ1n) is 13.6. The first kappa shape index (κ1) is 23.6. The molecule has 1 N–H and O–H groups in total. The molecule has 0 radical (unpaired) electrons. The number of carboxylic acids is 1. The van der Waals surface area contributed by atoms with Crippen molar-refractivity contribution in [2.24, 2.45) is 50.2 Å². The second kappa shape index (κ2) is 6.76. The van der Waals surface area contributed by atoms with Crippen LogP contribution in [0.5, 0.6) is 0 Å². The number of rotatable bonds is 1. The molecular weight excluding hydrogens is 408 g/mol. The maximum Gasteiger partial charge on any atom is 0.310 e. The van der Waals surface area contributed by atoms with E-state index >= 15 is 0 Å². The van der Waals surface area contributed by atoms with Gasteiger partial charge in [-0.2, -0.15) is 0 Å². The molecule has 1 unspecified atom stereocenters. The summed E-state index contributed by atoms with van der Waals surface area (Å²) in [7, 11) is 0. The molecule has 5 rings (SSSR count). The SMILES string of the molecule is CC1(C)CC[C@]2(C(=O)O)CC[C@]3(C)C(=CC[C@@H]4[C@@]5(C)CCC(=O)C(C)(C)C5CC[C@]43C)[C@H]2C1. The molecule has 0 spiro atoms. The van der Waals surface area contributed by atoms with Gasteiger partial charge in [-0.1, -0.05) is 60.1 Å². The zero-order chi connectivity index (χ0) is 24.2. The van der Waals surface area contributed by atoms with Crippen LogP contribution in [0.4, 0.5) is 0 Å². The Labute approximate surface area is 201 Å². The van der Waals surface area contributed by atoms with Crippen LogP contribution in [-0.2, 0) is 9.59 Å². The minimum atomic E-state index is -0.565. The van der Waals surface area contributed by atoms with Gasteiger partial charge in [0.2, 0.25) is 0 Å². The fraction of sp³-hybridized carbons (Fsp3) is 0.867.